The summed E-state index contributed by atoms with van der Waals surface area (Å²) in [7, 11) is 0. The lowest BCUT2D eigenvalue weighted by Crippen LogP contribution is -2.30. The quantitative estimate of drug-likeness (QED) is 0.518. The molecule has 1 aliphatic rings. The Morgan fingerprint density at radius 1 is 1.10 bits per heavy atom. The molecule has 1 fully saturated rings. The molecule has 146 valence electrons. The maximum atomic E-state index is 12.5. The Balaban J connectivity index is 1.72. The van der Waals surface area contributed by atoms with Gasteiger partial charge in [-0.25, -0.2) is 9.20 Å². The summed E-state index contributed by atoms with van der Waals surface area (Å²) < 4.78 is 8.78. The second-order valence-corrected chi connectivity index (χ2v) is 7.42. The summed E-state index contributed by atoms with van der Waals surface area (Å²) in [6.45, 7) is 1.27. The molecule has 0 unspecified atom stereocenters. The van der Waals surface area contributed by atoms with Gasteiger partial charge >= 0.3 is 0 Å². The average Bonchev–Trinajstić information content (AvgIpc) is 3.14. The molecule has 0 N–H and O–H groups in total. The van der Waals surface area contributed by atoms with Crippen LogP contribution in [0.15, 0.2) is 59.8 Å². The third-order valence-electron chi connectivity index (χ3n) is 5.15. The van der Waals surface area contributed by atoms with E-state index >= 15 is 0 Å². The summed E-state index contributed by atoms with van der Waals surface area (Å²) in [4.78, 5) is 16.8. The summed E-state index contributed by atoms with van der Waals surface area (Å²) in [6, 6.07) is 10.9. The fraction of sp³-hybridized carbons (Fsp3) is 0.238. The highest BCUT2D eigenvalue weighted by atomic mass is 35.5. The van der Waals surface area contributed by atoms with Crippen LogP contribution in [0.5, 0.6) is 0 Å². The Hall–Kier alpha value is -3.03. The monoisotopic (exact) mass is 407 g/mol. The fourth-order valence-corrected chi connectivity index (χ4v) is 3.93. The topological polar surface area (TPSA) is 74.3 Å². The van der Waals surface area contributed by atoms with E-state index in [1.807, 2.05) is 24.3 Å². The summed E-state index contributed by atoms with van der Waals surface area (Å²) in [5.41, 5.74) is 3.81. The lowest BCUT2D eigenvalue weighted by atomic mass is 10.0. The second kappa shape index (κ2) is 7.42. The molecule has 0 bridgehead atoms. The van der Waals surface area contributed by atoms with Gasteiger partial charge in [-0.15, -0.1) is 0 Å². The molecule has 0 radical (unpaired) electrons. The molecule has 1 aromatic carbocycles. The number of halogens is 1. The Labute approximate surface area is 171 Å². The zero-order chi connectivity index (χ0) is 19.8. The minimum atomic E-state index is -0.112. The molecule has 0 amide bonds. The number of aromatic nitrogens is 5. The van der Waals surface area contributed by atoms with Crippen LogP contribution in [-0.4, -0.2) is 37.6 Å². The number of hydrogen-bond acceptors (Lipinski definition) is 5. The van der Waals surface area contributed by atoms with Crippen molar-refractivity contribution < 1.29 is 4.74 Å². The summed E-state index contributed by atoms with van der Waals surface area (Å²) in [5.74, 6) is 0. The third kappa shape index (κ3) is 3.32. The third-order valence-corrected chi connectivity index (χ3v) is 5.39. The summed E-state index contributed by atoms with van der Waals surface area (Å²) in [6.07, 6.45) is 6.77. The van der Waals surface area contributed by atoms with Gasteiger partial charge in [0.25, 0.3) is 5.56 Å². The van der Waals surface area contributed by atoms with E-state index in [4.69, 9.17) is 26.5 Å². The van der Waals surface area contributed by atoms with Crippen molar-refractivity contribution in [2.75, 3.05) is 13.2 Å². The van der Waals surface area contributed by atoms with Crippen molar-refractivity contribution >= 4 is 17.1 Å². The Morgan fingerprint density at radius 3 is 2.79 bits per heavy atom. The Kier molecular flexibility index (Phi) is 4.61. The first-order valence-electron chi connectivity index (χ1n) is 9.47. The van der Waals surface area contributed by atoms with Crippen molar-refractivity contribution in [1.82, 2.24) is 24.4 Å². The van der Waals surface area contributed by atoms with Crippen LogP contribution in [0.2, 0.25) is 5.02 Å². The molecule has 0 aliphatic carbocycles. The van der Waals surface area contributed by atoms with Crippen LogP contribution in [0, 0.1) is 0 Å². The van der Waals surface area contributed by atoms with Gasteiger partial charge in [0.05, 0.1) is 29.0 Å². The van der Waals surface area contributed by atoms with E-state index in [1.165, 1.54) is 0 Å². The van der Waals surface area contributed by atoms with Gasteiger partial charge in [0, 0.05) is 42.3 Å². The van der Waals surface area contributed by atoms with Crippen LogP contribution in [0.25, 0.3) is 28.0 Å². The lowest BCUT2D eigenvalue weighted by molar-refractivity contribution is 0.0649. The molecule has 3 aromatic heterocycles. The molecule has 1 aliphatic heterocycles. The number of rotatable bonds is 3. The first-order valence-corrected chi connectivity index (χ1v) is 9.85. The van der Waals surface area contributed by atoms with Crippen LogP contribution in [0.1, 0.15) is 18.9 Å². The standard InChI is InChI=1S/C21H18ClN5O2/c22-15-3-1-2-14(12-15)21-20(18-13-23-8-9-26(18)25-21)17-4-5-19(28)27(24-17)16-6-10-29-11-7-16/h1-5,8-9,12-13,16H,6-7,10-11H2. The van der Waals surface area contributed by atoms with Gasteiger partial charge in [0.1, 0.15) is 5.69 Å². The molecule has 8 heteroatoms. The van der Waals surface area contributed by atoms with Crippen LogP contribution < -0.4 is 5.56 Å². The number of ether oxygens (including phenoxy) is 1. The van der Waals surface area contributed by atoms with E-state index in [1.54, 1.807) is 39.9 Å². The lowest BCUT2D eigenvalue weighted by Gasteiger charge is -2.23. The van der Waals surface area contributed by atoms with Crippen molar-refractivity contribution in [3.63, 3.8) is 0 Å². The average molecular weight is 408 g/mol. The predicted molar refractivity (Wildman–Crippen MR) is 110 cm³/mol. The van der Waals surface area contributed by atoms with Gasteiger partial charge in [-0.2, -0.15) is 10.2 Å². The van der Waals surface area contributed by atoms with Gasteiger partial charge in [-0.05, 0) is 31.0 Å². The highest BCUT2D eigenvalue weighted by molar-refractivity contribution is 6.30. The van der Waals surface area contributed by atoms with Crippen molar-refractivity contribution in [3.05, 3.63) is 70.4 Å². The molecule has 1 saturated heterocycles. The van der Waals surface area contributed by atoms with Gasteiger partial charge in [-0.3, -0.25) is 9.78 Å². The maximum absolute atomic E-state index is 12.5. The molecule has 0 atom stereocenters. The highest BCUT2D eigenvalue weighted by Gasteiger charge is 2.22. The van der Waals surface area contributed by atoms with Crippen LogP contribution in [-0.2, 0) is 4.74 Å². The largest absolute Gasteiger partial charge is 0.381 e. The van der Waals surface area contributed by atoms with Gasteiger partial charge < -0.3 is 4.74 Å². The summed E-state index contributed by atoms with van der Waals surface area (Å²) >= 11 is 6.22. The van der Waals surface area contributed by atoms with Crippen molar-refractivity contribution in [1.29, 1.82) is 0 Å². The minimum absolute atomic E-state index is 0.0331. The van der Waals surface area contributed by atoms with E-state index in [-0.39, 0.29) is 11.6 Å². The van der Waals surface area contributed by atoms with Gasteiger partial charge in [0.15, 0.2) is 0 Å². The first-order chi connectivity index (χ1) is 14.2. The van der Waals surface area contributed by atoms with E-state index in [2.05, 4.69) is 4.98 Å². The SMILES string of the molecule is O=c1ccc(-c2c(-c3cccc(Cl)c3)nn3ccncc23)nn1C1CCOCC1. The van der Waals surface area contributed by atoms with Crippen LogP contribution in [0.4, 0.5) is 0 Å². The number of benzene rings is 1. The van der Waals surface area contributed by atoms with E-state index < -0.39 is 0 Å². The predicted octanol–water partition coefficient (Wildman–Crippen LogP) is 3.62. The van der Waals surface area contributed by atoms with Gasteiger partial charge in [0.2, 0.25) is 0 Å². The molecule has 7 nitrogen and oxygen atoms in total. The molecular formula is C21H18ClN5O2. The normalized spacial score (nSPS) is 15.1. The minimum Gasteiger partial charge on any atom is -0.381 e. The highest BCUT2D eigenvalue weighted by Crippen LogP contribution is 2.34. The Bertz CT molecular complexity index is 1240. The molecular weight excluding hydrogens is 390 g/mol. The van der Waals surface area contributed by atoms with E-state index in [9.17, 15) is 4.79 Å². The number of nitrogens with zero attached hydrogens (tertiary/aromatic N) is 5. The van der Waals surface area contributed by atoms with Gasteiger partial charge in [-0.1, -0.05) is 23.7 Å². The van der Waals surface area contributed by atoms with E-state index in [0.29, 0.717) is 23.9 Å². The van der Waals surface area contributed by atoms with Crippen LogP contribution in [0.3, 0.4) is 0 Å². The second-order valence-electron chi connectivity index (χ2n) is 6.99. The molecule has 0 saturated carbocycles. The zero-order valence-electron chi connectivity index (χ0n) is 15.5. The van der Waals surface area contributed by atoms with Crippen LogP contribution >= 0.6 is 11.6 Å². The van der Waals surface area contributed by atoms with Crippen molar-refractivity contribution in [2.45, 2.75) is 18.9 Å². The molecule has 4 aromatic rings. The molecule has 0 spiro atoms. The molecule has 29 heavy (non-hydrogen) atoms. The molecule has 4 heterocycles. The maximum Gasteiger partial charge on any atom is 0.267 e. The first kappa shape index (κ1) is 18.0. The van der Waals surface area contributed by atoms with Crippen molar-refractivity contribution in [2.24, 2.45) is 0 Å². The summed E-state index contributed by atoms with van der Waals surface area (Å²) in [5, 5.41) is 10.1. The Morgan fingerprint density at radius 2 is 1.97 bits per heavy atom. The van der Waals surface area contributed by atoms with E-state index in [0.717, 1.165) is 35.2 Å². The smallest absolute Gasteiger partial charge is 0.267 e. The number of fused-ring (bicyclic) bond motifs is 1. The zero-order valence-corrected chi connectivity index (χ0v) is 16.3. The molecule has 5 rings (SSSR count). The fourth-order valence-electron chi connectivity index (χ4n) is 3.74. The van der Waals surface area contributed by atoms with Crippen molar-refractivity contribution in [3.8, 4) is 22.5 Å². The number of hydrogen-bond donors (Lipinski definition) is 0.